The van der Waals surface area contributed by atoms with Crippen molar-refractivity contribution in [2.75, 3.05) is 0 Å². The average Bonchev–Trinajstić information content (AvgIpc) is 2.15. The molecule has 5 nitrogen and oxygen atoms in total. The van der Waals surface area contributed by atoms with Gasteiger partial charge in [-0.25, -0.2) is 8.78 Å². The van der Waals surface area contributed by atoms with Crippen LogP contribution in [0.25, 0.3) is 0 Å². The monoisotopic (exact) mass is 218 g/mol. The Morgan fingerprint density at radius 1 is 1.67 bits per heavy atom. The summed E-state index contributed by atoms with van der Waals surface area (Å²) in [6.07, 6.45) is -1.97. The molecule has 1 rings (SSSR count). The van der Waals surface area contributed by atoms with E-state index in [1.54, 1.807) is 0 Å². The highest BCUT2D eigenvalue weighted by Crippen LogP contribution is 2.30. The Labute approximate surface area is 83.5 Å². The minimum atomic E-state index is -2.87. The molecule has 0 aliphatic rings. The molecule has 0 amide bonds. The van der Waals surface area contributed by atoms with Gasteiger partial charge in [0, 0.05) is 11.1 Å². The topological polar surface area (TPSA) is 76.3 Å². The molecule has 1 aromatic heterocycles. The van der Waals surface area contributed by atoms with E-state index in [9.17, 15) is 18.9 Å². The van der Waals surface area contributed by atoms with Crippen LogP contribution in [0.3, 0.4) is 0 Å². The summed E-state index contributed by atoms with van der Waals surface area (Å²) in [6.45, 7) is 0.567. The molecular formula is C8H8F2N2O3. The minimum absolute atomic E-state index is 0.0897. The van der Waals surface area contributed by atoms with Gasteiger partial charge in [-0.3, -0.25) is 0 Å². The van der Waals surface area contributed by atoms with Crippen molar-refractivity contribution in [3.8, 4) is 0 Å². The van der Waals surface area contributed by atoms with Crippen LogP contribution in [0.15, 0.2) is 6.20 Å². The number of pyridine rings is 1. The molecule has 0 fully saturated rings. The van der Waals surface area contributed by atoms with Gasteiger partial charge in [0.2, 0.25) is 0 Å². The van der Waals surface area contributed by atoms with Crippen LogP contribution in [0.5, 0.6) is 0 Å². The molecule has 1 N–H and O–H groups in total. The van der Waals surface area contributed by atoms with Crippen molar-refractivity contribution >= 4 is 5.82 Å². The third kappa shape index (κ3) is 2.07. The van der Waals surface area contributed by atoms with Crippen molar-refractivity contribution in [3.05, 3.63) is 33.0 Å². The second-order valence-electron chi connectivity index (χ2n) is 2.86. The molecular weight excluding hydrogens is 210 g/mol. The summed E-state index contributed by atoms with van der Waals surface area (Å²) < 4.78 is 25.1. The van der Waals surface area contributed by atoms with Gasteiger partial charge in [-0.1, -0.05) is 0 Å². The van der Waals surface area contributed by atoms with Crippen molar-refractivity contribution in [1.82, 2.24) is 4.98 Å². The van der Waals surface area contributed by atoms with Crippen molar-refractivity contribution in [3.63, 3.8) is 0 Å². The first-order valence-electron chi connectivity index (χ1n) is 4.00. The number of alkyl halides is 2. The number of aliphatic hydroxyl groups excluding tert-OH is 1. The van der Waals surface area contributed by atoms with Crippen molar-refractivity contribution in [2.45, 2.75) is 20.0 Å². The lowest BCUT2D eigenvalue weighted by atomic mass is 10.1. The maximum atomic E-state index is 12.6. The van der Waals surface area contributed by atoms with Crippen LogP contribution in [-0.4, -0.2) is 15.0 Å². The molecule has 15 heavy (non-hydrogen) atoms. The van der Waals surface area contributed by atoms with E-state index >= 15 is 0 Å². The normalized spacial score (nSPS) is 10.7. The van der Waals surface area contributed by atoms with Crippen molar-refractivity contribution in [2.24, 2.45) is 0 Å². The maximum Gasteiger partial charge on any atom is 0.366 e. The largest absolute Gasteiger partial charge is 0.392 e. The van der Waals surface area contributed by atoms with Crippen LogP contribution in [0.2, 0.25) is 0 Å². The first kappa shape index (κ1) is 11.4. The van der Waals surface area contributed by atoms with E-state index in [-0.39, 0.29) is 11.1 Å². The Balaban J connectivity index is 3.42. The van der Waals surface area contributed by atoms with E-state index in [0.717, 1.165) is 6.20 Å². The zero-order chi connectivity index (χ0) is 11.6. The first-order chi connectivity index (χ1) is 6.99. The number of aliphatic hydroxyl groups is 1. The van der Waals surface area contributed by atoms with E-state index in [0.29, 0.717) is 0 Å². The highest BCUT2D eigenvalue weighted by Gasteiger charge is 2.24. The molecule has 0 aliphatic carbocycles. The van der Waals surface area contributed by atoms with Gasteiger partial charge < -0.3 is 15.2 Å². The molecule has 1 heterocycles. The predicted octanol–water partition coefficient (Wildman–Crippen LogP) is 1.73. The number of nitrogens with zero attached hydrogens (tertiary/aromatic N) is 2. The molecule has 0 unspecified atom stereocenters. The fourth-order valence-corrected chi connectivity index (χ4v) is 1.28. The van der Waals surface area contributed by atoms with Gasteiger partial charge in [0.15, 0.2) is 0 Å². The zero-order valence-electron chi connectivity index (χ0n) is 7.78. The first-order valence-corrected chi connectivity index (χ1v) is 4.00. The molecule has 0 bridgehead atoms. The van der Waals surface area contributed by atoms with E-state index in [1.165, 1.54) is 6.92 Å². The second kappa shape index (κ2) is 4.26. The number of rotatable bonds is 3. The zero-order valence-corrected chi connectivity index (χ0v) is 7.78. The van der Waals surface area contributed by atoms with Gasteiger partial charge >= 0.3 is 5.82 Å². The number of aromatic nitrogens is 1. The lowest BCUT2D eigenvalue weighted by Crippen LogP contribution is -2.04. The summed E-state index contributed by atoms with van der Waals surface area (Å²) in [5.74, 6) is -0.609. The summed E-state index contributed by atoms with van der Waals surface area (Å²) in [4.78, 5) is 13.0. The molecule has 0 aromatic carbocycles. The van der Waals surface area contributed by atoms with E-state index in [1.807, 2.05) is 0 Å². The Morgan fingerprint density at radius 2 is 2.27 bits per heavy atom. The average molecular weight is 218 g/mol. The predicted molar refractivity (Wildman–Crippen MR) is 46.5 cm³/mol. The van der Waals surface area contributed by atoms with Gasteiger partial charge in [-0.15, -0.1) is 0 Å². The Morgan fingerprint density at radius 3 is 2.67 bits per heavy atom. The van der Waals surface area contributed by atoms with Crippen LogP contribution < -0.4 is 0 Å². The molecule has 82 valence electrons. The molecule has 0 saturated carbocycles. The molecule has 0 aliphatic heterocycles. The lowest BCUT2D eigenvalue weighted by Gasteiger charge is -2.08. The Kier molecular flexibility index (Phi) is 3.25. The number of hydrogen-bond donors (Lipinski definition) is 1. The van der Waals surface area contributed by atoms with Gasteiger partial charge in [-0.05, 0) is 16.8 Å². The van der Waals surface area contributed by atoms with Crippen LogP contribution in [0.4, 0.5) is 14.6 Å². The summed E-state index contributed by atoms with van der Waals surface area (Å²) in [5, 5.41) is 19.2. The maximum absolute atomic E-state index is 12.6. The van der Waals surface area contributed by atoms with Crippen LogP contribution in [-0.2, 0) is 6.61 Å². The molecule has 7 heteroatoms. The van der Waals surface area contributed by atoms with Crippen LogP contribution >= 0.6 is 0 Å². The standard InChI is InChI=1S/C8H8F2N2O3/c1-4-6(7(9)10)5(3-13)2-11-8(4)12(14)15/h2,7,13H,3H2,1H3. The van der Waals surface area contributed by atoms with E-state index in [2.05, 4.69) is 4.98 Å². The molecule has 0 saturated heterocycles. The number of halogens is 2. The van der Waals surface area contributed by atoms with Crippen molar-refractivity contribution in [1.29, 1.82) is 0 Å². The summed E-state index contributed by atoms with van der Waals surface area (Å²) >= 11 is 0. The van der Waals surface area contributed by atoms with Gasteiger partial charge in [0.1, 0.15) is 6.20 Å². The quantitative estimate of drug-likeness (QED) is 0.619. The molecule has 0 spiro atoms. The van der Waals surface area contributed by atoms with Gasteiger partial charge in [0.25, 0.3) is 6.43 Å². The summed E-state index contributed by atoms with van der Waals surface area (Å²) in [6, 6.07) is 0. The van der Waals surface area contributed by atoms with E-state index < -0.39 is 29.3 Å². The summed E-state index contributed by atoms with van der Waals surface area (Å²) in [5.41, 5.74) is -0.811. The molecule has 1 aromatic rings. The third-order valence-corrected chi connectivity index (χ3v) is 1.99. The van der Waals surface area contributed by atoms with Gasteiger partial charge in [-0.2, -0.15) is 0 Å². The summed E-state index contributed by atoms with van der Waals surface area (Å²) in [7, 11) is 0. The van der Waals surface area contributed by atoms with Crippen molar-refractivity contribution < 1.29 is 18.8 Å². The van der Waals surface area contributed by atoms with Crippen LogP contribution in [0.1, 0.15) is 23.1 Å². The minimum Gasteiger partial charge on any atom is -0.392 e. The SMILES string of the molecule is Cc1c([N+](=O)[O-])ncc(CO)c1C(F)F. The fraction of sp³-hybridized carbons (Fsp3) is 0.375. The Hall–Kier alpha value is -1.63. The molecule has 0 radical (unpaired) electrons. The molecule has 0 atom stereocenters. The van der Waals surface area contributed by atoms with E-state index in [4.69, 9.17) is 5.11 Å². The Bertz CT molecular complexity index is 396. The van der Waals surface area contributed by atoms with Gasteiger partial charge in [0.05, 0.1) is 12.2 Å². The highest BCUT2D eigenvalue weighted by molar-refractivity contribution is 5.43. The smallest absolute Gasteiger partial charge is 0.366 e. The fourth-order valence-electron chi connectivity index (χ4n) is 1.28. The lowest BCUT2D eigenvalue weighted by molar-refractivity contribution is -0.390. The number of hydrogen-bond acceptors (Lipinski definition) is 4. The van der Waals surface area contributed by atoms with Crippen LogP contribution in [0, 0.1) is 17.0 Å². The second-order valence-corrected chi connectivity index (χ2v) is 2.86. The highest BCUT2D eigenvalue weighted by atomic mass is 19.3. The third-order valence-electron chi connectivity index (χ3n) is 1.99. The number of nitro groups is 1.